The Morgan fingerprint density at radius 3 is 2.94 bits per heavy atom. The van der Waals surface area contributed by atoms with Gasteiger partial charge in [-0.2, -0.15) is 5.10 Å². The SMILES string of the molecule is CCCCNC(=O)N(Cc1cnn(C)c1)C1CC1. The molecule has 0 atom stereocenters. The Morgan fingerprint density at radius 1 is 1.61 bits per heavy atom. The molecule has 1 fully saturated rings. The maximum atomic E-state index is 12.1. The second-order valence-electron chi connectivity index (χ2n) is 4.97. The number of hydrogen-bond donors (Lipinski definition) is 1. The second kappa shape index (κ2) is 5.89. The van der Waals surface area contributed by atoms with E-state index >= 15 is 0 Å². The van der Waals surface area contributed by atoms with Crippen molar-refractivity contribution >= 4 is 6.03 Å². The fraction of sp³-hybridized carbons (Fsp3) is 0.692. The summed E-state index contributed by atoms with van der Waals surface area (Å²) in [4.78, 5) is 14.0. The fourth-order valence-corrected chi connectivity index (χ4v) is 1.98. The maximum Gasteiger partial charge on any atom is 0.317 e. The van der Waals surface area contributed by atoms with Crippen LogP contribution in [0.1, 0.15) is 38.2 Å². The number of nitrogens with zero attached hydrogens (tertiary/aromatic N) is 3. The molecule has 0 unspecified atom stereocenters. The van der Waals surface area contributed by atoms with Crippen LogP contribution < -0.4 is 5.32 Å². The van der Waals surface area contributed by atoms with Crippen molar-refractivity contribution in [2.24, 2.45) is 7.05 Å². The Morgan fingerprint density at radius 2 is 2.39 bits per heavy atom. The molecular weight excluding hydrogens is 228 g/mol. The number of urea groups is 1. The highest BCUT2D eigenvalue weighted by Crippen LogP contribution is 2.28. The first-order valence-corrected chi connectivity index (χ1v) is 6.72. The summed E-state index contributed by atoms with van der Waals surface area (Å²) in [5.41, 5.74) is 1.09. The van der Waals surface area contributed by atoms with E-state index in [2.05, 4.69) is 17.3 Å². The third-order valence-electron chi connectivity index (χ3n) is 3.17. The number of carbonyl (C=O) groups is 1. The van der Waals surface area contributed by atoms with Crippen LogP contribution in [-0.2, 0) is 13.6 Å². The van der Waals surface area contributed by atoms with Gasteiger partial charge >= 0.3 is 6.03 Å². The van der Waals surface area contributed by atoms with Gasteiger partial charge in [-0.25, -0.2) is 4.79 Å². The standard InChI is InChI=1S/C13H22N4O/c1-3-4-7-14-13(18)17(12-5-6-12)10-11-8-15-16(2)9-11/h8-9,12H,3-7,10H2,1-2H3,(H,14,18). The summed E-state index contributed by atoms with van der Waals surface area (Å²) in [5.74, 6) is 0. The molecule has 1 aliphatic carbocycles. The van der Waals surface area contributed by atoms with E-state index in [4.69, 9.17) is 0 Å². The summed E-state index contributed by atoms with van der Waals surface area (Å²) in [5, 5.41) is 7.13. The quantitative estimate of drug-likeness (QED) is 0.784. The van der Waals surface area contributed by atoms with Crippen LogP contribution in [0.3, 0.4) is 0 Å². The molecule has 0 aromatic carbocycles. The molecule has 1 N–H and O–H groups in total. The topological polar surface area (TPSA) is 50.2 Å². The molecule has 0 radical (unpaired) electrons. The van der Waals surface area contributed by atoms with E-state index in [-0.39, 0.29) is 6.03 Å². The van der Waals surface area contributed by atoms with Gasteiger partial charge in [-0.05, 0) is 19.3 Å². The predicted molar refractivity (Wildman–Crippen MR) is 70.1 cm³/mol. The van der Waals surface area contributed by atoms with Gasteiger partial charge in [0.15, 0.2) is 0 Å². The number of rotatable bonds is 6. The lowest BCUT2D eigenvalue weighted by Gasteiger charge is -2.22. The molecule has 1 aromatic rings. The van der Waals surface area contributed by atoms with Gasteiger partial charge in [0.1, 0.15) is 0 Å². The molecule has 1 saturated carbocycles. The van der Waals surface area contributed by atoms with Crippen molar-refractivity contribution in [1.82, 2.24) is 20.0 Å². The summed E-state index contributed by atoms with van der Waals surface area (Å²) in [6.45, 7) is 3.56. The largest absolute Gasteiger partial charge is 0.338 e. The van der Waals surface area contributed by atoms with Crippen LogP contribution in [-0.4, -0.2) is 33.3 Å². The first kappa shape index (κ1) is 12.9. The lowest BCUT2D eigenvalue weighted by atomic mass is 10.3. The minimum absolute atomic E-state index is 0.0646. The van der Waals surface area contributed by atoms with E-state index in [1.54, 1.807) is 4.68 Å². The van der Waals surface area contributed by atoms with Gasteiger partial charge in [-0.3, -0.25) is 4.68 Å². The Balaban J connectivity index is 1.89. The third kappa shape index (κ3) is 3.48. The van der Waals surface area contributed by atoms with Gasteiger partial charge in [-0.15, -0.1) is 0 Å². The van der Waals surface area contributed by atoms with Gasteiger partial charge < -0.3 is 10.2 Å². The predicted octanol–water partition coefficient (Wildman–Crippen LogP) is 1.89. The molecule has 0 bridgehead atoms. The molecule has 2 amide bonds. The van der Waals surface area contributed by atoms with Crippen molar-refractivity contribution < 1.29 is 4.79 Å². The van der Waals surface area contributed by atoms with Crippen LogP contribution in [0.25, 0.3) is 0 Å². The van der Waals surface area contributed by atoms with Crippen molar-refractivity contribution in [2.75, 3.05) is 6.54 Å². The van der Waals surface area contributed by atoms with Crippen molar-refractivity contribution in [1.29, 1.82) is 0 Å². The van der Waals surface area contributed by atoms with Gasteiger partial charge in [0, 0.05) is 31.4 Å². The number of nitrogens with one attached hydrogen (secondary N) is 1. The molecule has 5 heteroatoms. The van der Waals surface area contributed by atoms with E-state index in [0.717, 1.165) is 37.8 Å². The Hall–Kier alpha value is -1.52. The number of aromatic nitrogens is 2. The lowest BCUT2D eigenvalue weighted by molar-refractivity contribution is 0.192. The molecule has 1 aliphatic rings. The fourth-order valence-electron chi connectivity index (χ4n) is 1.98. The van der Waals surface area contributed by atoms with Crippen molar-refractivity contribution in [3.05, 3.63) is 18.0 Å². The van der Waals surface area contributed by atoms with Crippen LogP contribution in [0.4, 0.5) is 4.79 Å². The number of hydrogen-bond acceptors (Lipinski definition) is 2. The first-order chi connectivity index (χ1) is 8.70. The number of unbranched alkanes of at least 4 members (excludes halogenated alkanes) is 1. The number of amides is 2. The Labute approximate surface area is 108 Å². The highest BCUT2D eigenvalue weighted by Gasteiger charge is 2.32. The van der Waals surface area contributed by atoms with Gasteiger partial charge in [0.25, 0.3) is 0 Å². The second-order valence-corrected chi connectivity index (χ2v) is 4.97. The van der Waals surface area contributed by atoms with Crippen LogP contribution in [0.15, 0.2) is 12.4 Å². The molecule has 1 heterocycles. The lowest BCUT2D eigenvalue weighted by Crippen LogP contribution is -2.41. The zero-order valence-electron chi connectivity index (χ0n) is 11.2. The highest BCUT2D eigenvalue weighted by molar-refractivity contribution is 5.74. The van der Waals surface area contributed by atoms with Crippen LogP contribution in [0.5, 0.6) is 0 Å². The van der Waals surface area contributed by atoms with Crippen molar-refractivity contribution in [3.63, 3.8) is 0 Å². The molecule has 18 heavy (non-hydrogen) atoms. The third-order valence-corrected chi connectivity index (χ3v) is 3.17. The van der Waals surface area contributed by atoms with Crippen LogP contribution in [0.2, 0.25) is 0 Å². The van der Waals surface area contributed by atoms with E-state index in [1.807, 2.05) is 24.3 Å². The minimum atomic E-state index is 0.0646. The summed E-state index contributed by atoms with van der Waals surface area (Å²) in [6, 6.07) is 0.488. The zero-order valence-corrected chi connectivity index (χ0v) is 11.2. The molecule has 0 aliphatic heterocycles. The van der Waals surface area contributed by atoms with E-state index in [0.29, 0.717) is 12.6 Å². The van der Waals surface area contributed by atoms with E-state index in [1.165, 1.54) is 0 Å². The van der Waals surface area contributed by atoms with Gasteiger partial charge in [0.05, 0.1) is 12.7 Å². The van der Waals surface area contributed by atoms with Gasteiger partial charge in [0.2, 0.25) is 0 Å². The number of carbonyl (C=O) groups excluding carboxylic acids is 1. The number of aryl methyl sites for hydroxylation is 1. The summed E-state index contributed by atoms with van der Waals surface area (Å²) >= 11 is 0. The summed E-state index contributed by atoms with van der Waals surface area (Å²) in [6.07, 6.45) is 8.19. The Kier molecular flexibility index (Phi) is 4.23. The molecule has 0 spiro atoms. The molecule has 1 aromatic heterocycles. The summed E-state index contributed by atoms with van der Waals surface area (Å²) in [7, 11) is 1.90. The maximum absolute atomic E-state index is 12.1. The Bertz CT molecular complexity index is 397. The summed E-state index contributed by atoms with van der Waals surface area (Å²) < 4.78 is 1.77. The molecular formula is C13H22N4O. The average Bonchev–Trinajstić information content (AvgIpc) is 3.10. The van der Waals surface area contributed by atoms with E-state index < -0.39 is 0 Å². The first-order valence-electron chi connectivity index (χ1n) is 6.72. The minimum Gasteiger partial charge on any atom is -0.338 e. The molecule has 5 nitrogen and oxygen atoms in total. The average molecular weight is 250 g/mol. The molecule has 0 saturated heterocycles. The van der Waals surface area contributed by atoms with E-state index in [9.17, 15) is 4.79 Å². The zero-order chi connectivity index (χ0) is 13.0. The smallest absolute Gasteiger partial charge is 0.317 e. The normalized spacial score (nSPS) is 14.6. The van der Waals surface area contributed by atoms with Crippen LogP contribution in [0, 0.1) is 0 Å². The van der Waals surface area contributed by atoms with Crippen LogP contribution >= 0.6 is 0 Å². The molecule has 2 rings (SSSR count). The van der Waals surface area contributed by atoms with Crippen molar-refractivity contribution in [2.45, 2.75) is 45.2 Å². The van der Waals surface area contributed by atoms with Gasteiger partial charge in [-0.1, -0.05) is 13.3 Å². The molecule has 100 valence electrons. The monoisotopic (exact) mass is 250 g/mol. The highest BCUT2D eigenvalue weighted by atomic mass is 16.2. The van der Waals surface area contributed by atoms with Crippen molar-refractivity contribution in [3.8, 4) is 0 Å².